The van der Waals surface area contributed by atoms with Gasteiger partial charge in [0, 0.05) is 0 Å². The highest BCUT2D eigenvalue weighted by Gasteiger charge is 2.50. The Kier molecular flexibility index (Phi) is 5.88. The van der Waals surface area contributed by atoms with Crippen molar-refractivity contribution in [1.29, 1.82) is 0 Å². The Morgan fingerprint density at radius 1 is 1.30 bits per heavy atom. The first-order valence-electron chi connectivity index (χ1n) is 8.84. The Morgan fingerprint density at radius 3 is 2.70 bits per heavy atom. The second kappa shape index (κ2) is 7.33. The van der Waals surface area contributed by atoms with Gasteiger partial charge in [0.15, 0.2) is 0 Å². The van der Waals surface area contributed by atoms with E-state index in [0.717, 1.165) is 24.8 Å². The number of hydrogen-bond donors (Lipinski definition) is 2. The van der Waals surface area contributed by atoms with Crippen molar-refractivity contribution in [3.8, 4) is 0 Å². The molecule has 1 fully saturated rings. The number of allylic oxidation sites excluding steroid dienone is 4. The van der Waals surface area contributed by atoms with Crippen molar-refractivity contribution in [2.24, 2.45) is 5.92 Å². The van der Waals surface area contributed by atoms with E-state index in [1.165, 1.54) is 5.57 Å². The van der Waals surface area contributed by atoms with Gasteiger partial charge >= 0.3 is 0 Å². The van der Waals surface area contributed by atoms with Gasteiger partial charge in [-0.1, -0.05) is 43.7 Å². The molecule has 2 bridgehead atoms. The fourth-order valence-corrected chi connectivity index (χ4v) is 3.56. The number of aliphatic hydroxyl groups excluding tert-OH is 2. The second-order valence-corrected chi connectivity index (χ2v) is 7.62. The summed E-state index contributed by atoms with van der Waals surface area (Å²) >= 11 is 0. The quantitative estimate of drug-likeness (QED) is 0.758. The van der Waals surface area contributed by atoms with E-state index in [1.807, 2.05) is 6.92 Å². The van der Waals surface area contributed by atoms with Gasteiger partial charge in [0.05, 0.1) is 23.9 Å². The standard InChI is InChI=1S/C20H32O3/c1-15(2)20-11-10-16(3)6-5-7-17(14-21)8-9-18(22)19(4,23-20)12-13-20/h6-7,10-11,15,18,21-22H,5,8-9,12-14H2,1-4H3/b11-10+,16-6+,17-7-/t18-,19-,20-/m0/s1. The Hall–Kier alpha value is -0.900. The lowest BCUT2D eigenvalue weighted by Crippen LogP contribution is -2.43. The van der Waals surface area contributed by atoms with Gasteiger partial charge in [-0.2, -0.15) is 0 Å². The summed E-state index contributed by atoms with van der Waals surface area (Å²) in [4.78, 5) is 0. The molecule has 0 aromatic carbocycles. The van der Waals surface area contributed by atoms with Gasteiger partial charge in [-0.25, -0.2) is 0 Å². The maximum Gasteiger partial charge on any atom is 0.0925 e. The molecule has 2 heterocycles. The van der Waals surface area contributed by atoms with Gasteiger partial charge in [0.2, 0.25) is 0 Å². The molecule has 0 amide bonds. The van der Waals surface area contributed by atoms with Crippen molar-refractivity contribution < 1.29 is 14.9 Å². The molecule has 0 radical (unpaired) electrons. The third-order valence-corrected chi connectivity index (χ3v) is 5.53. The van der Waals surface area contributed by atoms with Crippen LogP contribution in [-0.4, -0.2) is 34.1 Å². The lowest BCUT2D eigenvalue weighted by molar-refractivity contribution is -0.145. The molecule has 2 aliphatic rings. The molecule has 2 N–H and O–H groups in total. The first kappa shape index (κ1) is 18.4. The van der Waals surface area contributed by atoms with Crippen LogP contribution in [-0.2, 0) is 4.74 Å². The van der Waals surface area contributed by atoms with Crippen LogP contribution in [0.15, 0.2) is 35.5 Å². The number of aliphatic hydroxyl groups is 2. The van der Waals surface area contributed by atoms with Crippen molar-refractivity contribution in [3.63, 3.8) is 0 Å². The van der Waals surface area contributed by atoms with E-state index >= 15 is 0 Å². The van der Waals surface area contributed by atoms with Crippen LogP contribution in [0.25, 0.3) is 0 Å². The van der Waals surface area contributed by atoms with E-state index in [-0.39, 0.29) is 12.2 Å². The summed E-state index contributed by atoms with van der Waals surface area (Å²) in [5, 5.41) is 20.2. The lowest BCUT2D eigenvalue weighted by Gasteiger charge is -2.37. The van der Waals surface area contributed by atoms with Crippen molar-refractivity contribution in [2.75, 3.05) is 6.61 Å². The minimum absolute atomic E-state index is 0.0585. The maximum absolute atomic E-state index is 10.7. The maximum atomic E-state index is 10.7. The number of ether oxygens (including phenoxy) is 1. The van der Waals surface area contributed by atoms with Crippen molar-refractivity contribution in [1.82, 2.24) is 0 Å². The predicted octanol–water partition coefficient (Wildman–Crippen LogP) is 3.92. The molecular formula is C20H32O3. The highest BCUT2D eigenvalue weighted by molar-refractivity contribution is 5.23. The van der Waals surface area contributed by atoms with E-state index in [1.54, 1.807) is 0 Å². The molecule has 0 aliphatic carbocycles. The molecule has 23 heavy (non-hydrogen) atoms. The van der Waals surface area contributed by atoms with E-state index in [2.05, 4.69) is 45.1 Å². The van der Waals surface area contributed by atoms with Crippen molar-refractivity contribution >= 4 is 0 Å². The molecule has 0 saturated carbocycles. The van der Waals surface area contributed by atoms with Crippen LogP contribution in [0.5, 0.6) is 0 Å². The van der Waals surface area contributed by atoms with Crippen LogP contribution in [0.2, 0.25) is 0 Å². The normalized spacial score (nSPS) is 42.0. The molecule has 2 rings (SSSR count). The van der Waals surface area contributed by atoms with Gasteiger partial charge < -0.3 is 14.9 Å². The number of rotatable bonds is 2. The number of fused-ring (bicyclic) bond motifs is 2. The van der Waals surface area contributed by atoms with Crippen LogP contribution in [0.4, 0.5) is 0 Å². The molecular weight excluding hydrogens is 288 g/mol. The van der Waals surface area contributed by atoms with Gasteiger partial charge in [0.25, 0.3) is 0 Å². The lowest BCUT2D eigenvalue weighted by atomic mass is 9.85. The zero-order chi connectivity index (χ0) is 17.1. The Morgan fingerprint density at radius 2 is 2.04 bits per heavy atom. The molecule has 0 aromatic rings. The molecule has 3 atom stereocenters. The Balaban J connectivity index is 2.35. The van der Waals surface area contributed by atoms with E-state index in [4.69, 9.17) is 4.74 Å². The summed E-state index contributed by atoms with van der Waals surface area (Å²) in [6.45, 7) is 8.55. The third kappa shape index (κ3) is 4.14. The summed E-state index contributed by atoms with van der Waals surface area (Å²) in [5.74, 6) is 0.358. The van der Waals surface area contributed by atoms with Gasteiger partial charge in [-0.3, -0.25) is 0 Å². The second-order valence-electron chi connectivity index (χ2n) is 7.62. The van der Waals surface area contributed by atoms with E-state index in [0.29, 0.717) is 18.8 Å². The molecule has 0 unspecified atom stereocenters. The fourth-order valence-electron chi connectivity index (χ4n) is 3.56. The van der Waals surface area contributed by atoms with Gasteiger partial charge in [-0.05, 0) is 57.4 Å². The SMILES string of the molecule is CC1=C\C/C=C(\CO)CC[C@H](O)[C@]2(C)CC[C@](C(C)C)(\C=C\1)O2. The average molecular weight is 320 g/mol. The van der Waals surface area contributed by atoms with Gasteiger partial charge in [0.1, 0.15) is 0 Å². The van der Waals surface area contributed by atoms with Crippen LogP contribution in [0.1, 0.15) is 59.8 Å². The predicted molar refractivity (Wildman–Crippen MR) is 94.2 cm³/mol. The van der Waals surface area contributed by atoms with E-state index in [9.17, 15) is 10.2 Å². The Labute approximate surface area is 140 Å². The zero-order valence-electron chi connectivity index (χ0n) is 15.0. The summed E-state index contributed by atoms with van der Waals surface area (Å²) in [6, 6.07) is 0. The molecule has 2 aliphatic heterocycles. The van der Waals surface area contributed by atoms with E-state index < -0.39 is 11.7 Å². The minimum atomic E-state index is -0.513. The van der Waals surface area contributed by atoms with Crippen LogP contribution in [0, 0.1) is 5.92 Å². The average Bonchev–Trinajstić information content (AvgIpc) is 2.88. The third-order valence-electron chi connectivity index (χ3n) is 5.53. The smallest absolute Gasteiger partial charge is 0.0925 e. The fraction of sp³-hybridized carbons (Fsp3) is 0.700. The van der Waals surface area contributed by atoms with Gasteiger partial charge in [-0.15, -0.1) is 0 Å². The summed E-state index contributed by atoms with van der Waals surface area (Å²) in [7, 11) is 0. The Bertz CT molecular complexity index is 503. The van der Waals surface area contributed by atoms with Crippen LogP contribution >= 0.6 is 0 Å². The summed E-state index contributed by atoms with van der Waals surface area (Å²) in [6.07, 6.45) is 12.0. The first-order chi connectivity index (χ1) is 10.8. The molecule has 3 heteroatoms. The van der Waals surface area contributed by atoms with Crippen LogP contribution in [0.3, 0.4) is 0 Å². The largest absolute Gasteiger partial charge is 0.392 e. The molecule has 0 aromatic heterocycles. The minimum Gasteiger partial charge on any atom is -0.392 e. The molecule has 1 saturated heterocycles. The monoisotopic (exact) mass is 320 g/mol. The highest BCUT2D eigenvalue weighted by atomic mass is 16.5. The van der Waals surface area contributed by atoms with Crippen LogP contribution < -0.4 is 0 Å². The van der Waals surface area contributed by atoms with Crippen molar-refractivity contribution in [2.45, 2.75) is 77.1 Å². The summed E-state index contributed by atoms with van der Waals surface area (Å²) < 4.78 is 6.50. The topological polar surface area (TPSA) is 49.7 Å². The number of hydrogen-bond acceptors (Lipinski definition) is 3. The molecule has 3 nitrogen and oxygen atoms in total. The molecule has 130 valence electrons. The zero-order valence-corrected chi connectivity index (χ0v) is 15.0. The van der Waals surface area contributed by atoms with Crippen molar-refractivity contribution in [3.05, 3.63) is 35.5 Å². The summed E-state index contributed by atoms with van der Waals surface area (Å²) in [5.41, 5.74) is 1.39. The first-order valence-corrected chi connectivity index (χ1v) is 8.84. The highest BCUT2D eigenvalue weighted by Crippen LogP contribution is 2.46. The molecule has 0 spiro atoms.